The number of hydrogen-bond donors (Lipinski definition) is 1. The molecular formula is C18H22N4O3. The molecule has 1 aromatic heterocycles. The quantitative estimate of drug-likeness (QED) is 0.914. The molecule has 2 aliphatic heterocycles. The number of nitrogens with zero attached hydrogens (tertiary/aromatic N) is 4. The molecule has 0 aliphatic carbocycles. The number of fused-ring (bicyclic) bond motifs is 1. The number of aromatic nitrogens is 2. The van der Waals surface area contributed by atoms with Gasteiger partial charge in [-0.3, -0.25) is 4.79 Å². The number of hydrogen-bond acceptors (Lipinski definition) is 6. The van der Waals surface area contributed by atoms with E-state index >= 15 is 0 Å². The molecule has 3 heterocycles. The normalized spacial score (nSPS) is 27.1. The first kappa shape index (κ1) is 16.1. The first-order valence-corrected chi connectivity index (χ1v) is 8.68. The second-order valence-electron chi connectivity index (χ2n) is 7.02. The maximum absolute atomic E-state index is 12.0. The van der Waals surface area contributed by atoms with Crippen molar-refractivity contribution < 1.29 is 14.4 Å². The van der Waals surface area contributed by atoms with Crippen molar-refractivity contribution in [1.29, 1.82) is 0 Å². The molecule has 0 unspecified atom stereocenters. The van der Waals surface area contributed by atoms with Crippen molar-refractivity contribution in [2.24, 2.45) is 5.41 Å². The van der Waals surface area contributed by atoms with Gasteiger partial charge < -0.3 is 19.4 Å². The Labute approximate surface area is 146 Å². The molecule has 25 heavy (non-hydrogen) atoms. The molecule has 0 amide bonds. The van der Waals surface area contributed by atoms with Gasteiger partial charge in [0.2, 0.25) is 0 Å². The van der Waals surface area contributed by atoms with Gasteiger partial charge in [-0.2, -0.15) is 4.98 Å². The maximum atomic E-state index is 12.0. The van der Waals surface area contributed by atoms with E-state index < -0.39 is 11.4 Å². The Kier molecular flexibility index (Phi) is 3.95. The van der Waals surface area contributed by atoms with Crippen LogP contribution in [0.1, 0.15) is 19.3 Å². The van der Waals surface area contributed by atoms with Crippen molar-refractivity contribution in [3.8, 4) is 11.5 Å². The summed E-state index contributed by atoms with van der Waals surface area (Å²) in [4.78, 5) is 20.7. The molecule has 4 rings (SSSR count). The van der Waals surface area contributed by atoms with Gasteiger partial charge in [0.25, 0.3) is 11.8 Å². The van der Waals surface area contributed by atoms with Gasteiger partial charge in [0.1, 0.15) is 0 Å². The molecule has 2 aliphatic rings. The summed E-state index contributed by atoms with van der Waals surface area (Å²) in [5, 5.41) is 14.0. The Balaban J connectivity index is 1.58. The number of carboxylic acids is 1. The van der Waals surface area contributed by atoms with E-state index in [0.29, 0.717) is 31.3 Å². The van der Waals surface area contributed by atoms with E-state index in [4.69, 9.17) is 4.52 Å². The van der Waals surface area contributed by atoms with E-state index in [1.54, 1.807) is 0 Å². The molecule has 0 radical (unpaired) electrons. The minimum atomic E-state index is -0.679. The highest BCUT2D eigenvalue weighted by atomic mass is 16.5. The summed E-state index contributed by atoms with van der Waals surface area (Å²) in [5.74, 6) is 0.348. The zero-order chi connectivity index (χ0) is 17.4. The number of rotatable bonds is 3. The number of anilines is 1. The number of likely N-dealkylation sites (tertiary alicyclic amines) is 1. The van der Waals surface area contributed by atoms with Crippen molar-refractivity contribution >= 4 is 11.9 Å². The molecule has 0 bridgehead atoms. The van der Waals surface area contributed by atoms with Crippen LogP contribution in [-0.2, 0) is 4.79 Å². The van der Waals surface area contributed by atoms with Crippen molar-refractivity contribution in [3.05, 3.63) is 30.3 Å². The number of piperidine rings is 2. The molecule has 2 fully saturated rings. The average Bonchev–Trinajstić information content (AvgIpc) is 3.12. The molecule has 2 atom stereocenters. The van der Waals surface area contributed by atoms with Crippen LogP contribution >= 0.6 is 0 Å². The zero-order valence-electron chi connectivity index (χ0n) is 14.3. The number of likely N-dealkylation sites (N-methyl/N-ethyl adjacent to an activating group) is 1. The molecule has 132 valence electrons. The summed E-state index contributed by atoms with van der Waals surface area (Å²) in [6.07, 6.45) is 2.28. The fourth-order valence-electron chi connectivity index (χ4n) is 4.21. The summed E-state index contributed by atoms with van der Waals surface area (Å²) in [7, 11) is 2.01. The fourth-order valence-corrected chi connectivity index (χ4v) is 4.21. The van der Waals surface area contributed by atoms with Crippen LogP contribution in [-0.4, -0.2) is 58.8 Å². The Morgan fingerprint density at radius 1 is 1.28 bits per heavy atom. The van der Waals surface area contributed by atoms with Gasteiger partial charge in [-0.15, -0.1) is 0 Å². The highest BCUT2D eigenvalue weighted by Gasteiger charge is 2.52. The van der Waals surface area contributed by atoms with Crippen LogP contribution < -0.4 is 4.90 Å². The summed E-state index contributed by atoms with van der Waals surface area (Å²) in [5.41, 5.74) is 0.225. The Morgan fingerprint density at radius 2 is 2.08 bits per heavy atom. The van der Waals surface area contributed by atoms with Gasteiger partial charge >= 0.3 is 5.97 Å². The highest BCUT2D eigenvalue weighted by Crippen LogP contribution is 2.42. The van der Waals surface area contributed by atoms with Crippen LogP contribution in [0, 0.1) is 5.41 Å². The largest absolute Gasteiger partial charge is 0.481 e. The highest BCUT2D eigenvalue weighted by molar-refractivity contribution is 5.76. The predicted molar refractivity (Wildman–Crippen MR) is 92.3 cm³/mol. The van der Waals surface area contributed by atoms with Gasteiger partial charge in [0.05, 0.1) is 5.41 Å². The van der Waals surface area contributed by atoms with Crippen LogP contribution in [0.15, 0.2) is 34.9 Å². The van der Waals surface area contributed by atoms with Crippen LogP contribution in [0.2, 0.25) is 0 Å². The third-order valence-corrected chi connectivity index (χ3v) is 5.67. The molecule has 1 aromatic carbocycles. The fraction of sp³-hybridized carbons (Fsp3) is 0.500. The molecule has 2 saturated heterocycles. The first-order chi connectivity index (χ1) is 12.1. The topological polar surface area (TPSA) is 82.7 Å². The Bertz CT molecular complexity index is 763. The van der Waals surface area contributed by atoms with Crippen molar-refractivity contribution in [2.75, 3.05) is 31.6 Å². The second-order valence-corrected chi connectivity index (χ2v) is 7.02. The second kappa shape index (κ2) is 6.15. The lowest BCUT2D eigenvalue weighted by Crippen LogP contribution is -2.63. The monoisotopic (exact) mass is 342 g/mol. The standard InChI is InChI=1S/C18H22N4O3/c1-21-10-5-8-18(16(23)24)9-11-22(12-14(18)21)17-19-15(25-20-17)13-6-3-2-4-7-13/h2-4,6-7,14H,5,8-12H2,1H3,(H,23,24)/t14-,18+/m1/s1. The van der Waals surface area contributed by atoms with Crippen LogP contribution in [0.3, 0.4) is 0 Å². The molecular weight excluding hydrogens is 320 g/mol. The summed E-state index contributed by atoms with van der Waals surface area (Å²) in [6.45, 7) is 2.16. The molecule has 1 N–H and O–H groups in total. The van der Waals surface area contributed by atoms with Gasteiger partial charge in [-0.1, -0.05) is 18.2 Å². The van der Waals surface area contributed by atoms with E-state index in [9.17, 15) is 9.90 Å². The minimum absolute atomic E-state index is 0.0359. The third-order valence-electron chi connectivity index (χ3n) is 5.67. The lowest BCUT2D eigenvalue weighted by Gasteiger charge is -2.51. The predicted octanol–water partition coefficient (Wildman–Crippen LogP) is 2.11. The Morgan fingerprint density at radius 3 is 2.84 bits per heavy atom. The maximum Gasteiger partial charge on any atom is 0.311 e. The first-order valence-electron chi connectivity index (χ1n) is 8.68. The summed E-state index contributed by atoms with van der Waals surface area (Å²) >= 11 is 0. The Hall–Kier alpha value is -2.41. The molecule has 7 heteroatoms. The molecule has 2 aromatic rings. The van der Waals surface area contributed by atoms with Crippen LogP contribution in [0.25, 0.3) is 11.5 Å². The average molecular weight is 342 g/mol. The van der Waals surface area contributed by atoms with E-state index in [1.165, 1.54) is 0 Å². The summed E-state index contributed by atoms with van der Waals surface area (Å²) < 4.78 is 5.41. The van der Waals surface area contributed by atoms with Crippen molar-refractivity contribution in [2.45, 2.75) is 25.3 Å². The smallest absolute Gasteiger partial charge is 0.311 e. The van der Waals surface area contributed by atoms with Crippen molar-refractivity contribution in [3.63, 3.8) is 0 Å². The lowest BCUT2D eigenvalue weighted by atomic mass is 9.68. The number of benzene rings is 1. The van der Waals surface area contributed by atoms with Crippen LogP contribution in [0.4, 0.5) is 5.95 Å². The lowest BCUT2D eigenvalue weighted by molar-refractivity contribution is -0.158. The number of carboxylic acid groups (broad SMARTS) is 1. The zero-order valence-corrected chi connectivity index (χ0v) is 14.3. The third kappa shape index (κ3) is 2.68. The van der Waals surface area contributed by atoms with Gasteiger partial charge in [0.15, 0.2) is 0 Å². The number of carbonyl (C=O) groups is 1. The van der Waals surface area contributed by atoms with Gasteiger partial charge in [0, 0.05) is 24.7 Å². The van der Waals surface area contributed by atoms with Crippen molar-refractivity contribution in [1.82, 2.24) is 15.0 Å². The summed E-state index contributed by atoms with van der Waals surface area (Å²) in [6, 6.07) is 9.62. The number of aliphatic carboxylic acids is 1. The minimum Gasteiger partial charge on any atom is -0.481 e. The van der Waals surface area contributed by atoms with E-state index in [2.05, 4.69) is 15.0 Å². The molecule has 0 spiro atoms. The van der Waals surface area contributed by atoms with Gasteiger partial charge in [-0.25, -0.2) is 0 Å². The van der Waals surface area contributed by atoms with E-state index in [-0.39, 0.29) is 6.04 Å². The van der Waals surface area contributed by atoms with E-state index in [1.807, 2.05) is 42.3 Å². The van der Waals surface area contributed by atoms with Crippen LogP contribution in [0.5, 0.6) is 0 Å². The van der Waals surface area contributed by atoms with Gasteiger partial charge in [-0.05, 0) is 50.1 Å². The molecule has 7 nitrogen and oxygen atoms in total. The SMILES string of the molecule is CN1CCC[C@]2(C(=O)O)CCN(c3noc(-c4ccccc4)n3)C[C@@H]12. The van der Waals surface area contributed by atoms with E-state index in [0.717, 1.165) is 24.9 Å². The molecule has 0 saturated carbocycles.